The van der Waals surface area contributed by atoms with E-state index in [9.17, 15) is 19.2 Å². The second-order valence-electron chi connectivity index (χ2n) is 7.47. The molecule has 8 heteroatoms. The first-order chi connectivity index (χ1) is 15.3. The molecule has 0 heterocycles. The van der Waals surface area contributed by atoms with E-state index in [1.807, 2.05) is 0 Å². The van der Waals surface area contributed by atoms with Crippen LogP contribution in [-0.2, 0) is 38.1 Å². The molecule has 0 aliphatic heterocycles. The number of esters is 4. The van der Waals surface area contributed by atoms with Gasteiger partial charge in [0.25, 0.3) is 0 Å². The SMILES string of the molecule is C=CC(=O)OCC(COC(=O)C=C)(COC(=O)C=C)COC(=O)CCCCCCCCC. The second-order valence-corrected chi connectivity index (χ2v) is 7.47. The molecule has 0 aliphatic carbocycles. The molecule has 32 heavy (non-hydrogen) atoms. The number of hydrogen-bond acceptors (Lipinski definition) is 8. The van der Waals surface area contributed by atoms with Gasteiger partial charge in [-0.2, -0.15) is 0 Å². The standard InChI is InChI=1S/C24H36O8/c1-5-9-10-11-12-13-14-15-23(28)32-19-24(16-29-20(25)6-2,17-30-21(26)7-3)18-31-22(27)8-4/h6-8H,2-5,9-19H2,1H3. The van der Waals surface area contributed by atoms with Crippen molar-refractivity contribution in [2.75, 3.05) is 26.4 Å². The summed E-state index contributed by atoms with van der Waals surface area (Å²) in [7, 11) is 0. The summed E-state index contributed by atoms with van der Waals surface area (Å²) in [5.74, 6) is -2.63. The highest BCUT2D eigenvalue weighted by molar-refractivity contribution is 5.82. The third kappa shape index (κ3) is 14.2. The van der Waals surface area contributed by atoms with Crippen molar-refractivity contribution in [2.24, 2.45) is 5.41 Å². The fourth-order valence-corrected chi connectivity index (χ4v) is 2.63. The maximum atomic E-state index is 12.2. The van der Waals surface area contributed by atoms with Crippen LogP contribution >= 0.6 is 0 Å². The minimum atomic E-state index is -1.30. The average Bonchev–Trinajstić information content (AvgIpc) is 2.81. The van der Waals surface area contributed by atoms with E-state index >= 15 is 0 Å². The Morgan fingerprint density at radius 2 is 1.00 bits per heavy atom. The minimum Gasteiger partial charge on any atom is -0.465 e. The fourth-order valence-electron chi connectivity index (χ4n) is 2.63. The van der Waals surface area contributed by atoms with Gasteiger partial charge in [-0.1, -0.05) is 65.2 Å². The van der Waals surface area contributed by atoms with Crippen LogP contribution in [0, 0.1) is 5.41 Å². The van der Waals surface area contributed by atoms with Crippen LogP contribution in [0.5, 0.6) is 0 Å². The third-order valence-corrected chi connectivity index (χ3v) is 4.59. The summed E-state index contributed by atoms with van der Waals surface area (Å²) in [6.07, 6.45) is 10.5. The van der Waals surface area contributed by atoms with Crippen LogP contribution in [-0.4, -0.2) is 50.3 Å². The van der Waals surface area contributed by atoms with Gasteiger partial charge in [0.2, 0.25) is 0 Å². The van der Waals surface area contributed by atoms with Gasteiger partial charge in [0.15, 0.2) is 0 Å². The summed E-state index contributed by atoms with van der Waals surface area (Å²) in [4.78, 5) is 46.9. The third-order valence-electron chi connectivity index (χ3n) is 4.59. The van der Waals surface area contributed by atoms with Crippen LogP contribution in [0.3, 0.4) is 0 Å². The number of ether oxygens (including phenoxy) is 4. The Morgan fingerprint density at radius 3 is 1.41 bits per heavy atom. The van der Waals surface area contributed by atoms with E-state index in [0.717, 1.165) is 37.5 Å². The zero-order valence-electron chi connectivity index (χ0n) is 19.1. The normalized spacial score (nSPS) is 10.5. The smallest absolute Gasteiger partial charge is 0.330 e. The lowest BCUT2D eigenvalue weighted by molar-refractivity contribution is -0.166. The molecule has 0 aromatic heterocycles. The van der Waals surface area contributed by atoms with Gasteiger partial charge in [0.05, 0.1) is 0 Å². The molecule has 0 aromatic carbocycles. The summed E-state index contributed by atoms with van der Waals surface area (Å²) in [6, 6.07) is 0. The molecule has 0 saturated heterocycles. The topological polar surface area (TPSA) is 105 Å². The van der Waals surface area contributed by atoms with Gasteiger partial charge in [-0.05, 0) is 6.42 Å². The van der Waals surface area contributed by atoms with Gasteiger partial charge in [-0.25, -0.2) is 14.4 Å². The number of carbonyl (C=O) groups excluding carboxylic acids is 4. The molecule has 180 valence electrons. The monoisotopic (exact) mass is 452 g/mol. The van der Waals surface area contributed by atoms with Crippen molar-refractivity contribution in [2.45, 2.75) is 58.3 Å². The molecule has 0 fully saturated rings. The molecule has 0 rings (SSSR count). The second kappa shape index (κ2) is 17.7. The van der Waals surface area contributed by atoms with Gasteiger partial charge >= 0.3 is 23.9 Å². The minimum absolute atomic E-state index is 0.231. The van der Waals surface area contributed by atoms with Crippen LogP contribution < -0.4 is 0 Å². The first-order valence-electron chi connectivity index (χ1n) is 10.9. The van der Waals surface area contributed by atoms with E-state index in [1.165, 1.54) is 19.3 Å². The van der Waals surface area contributed by atoms with Crippen molar-refractivity contribution < 1.29 is 38.1 Å². The molecule has 0 atom stereocenters. The fraction of sp³-hybridized carbons (Fsp3) is 0.583. The van der Waals surface area contributed by atoms with Crippen LogP contribution in [0.1, 0.15) is 58.3 Å². The summed E-state index contributed by atoms with van der Waals surface area (Å²) < 4.78 is 20.6. The maximum Gasteiger partial charge on any atom is 0.330 e. The lowest BCUT2D eigenvalue weighted by Gasteiger charge is -2.31. The predicted molar refractivity (Wildman–Crippen MR) is 119 cm³/mol. The molecule has 0 saturated carbocycles. The largest absolute Gasteiger partial charge is 0.465 e. The Bertz CT molecular complexity index is 578. The van der Waals surface area contributed by atoms with E-state index in [2.05, 4.69) is 26.7 Å². The highest BCUT2D eigenvalue weighted by Crippen LogP contribution is 2.22. The summed E-state index contributed by atoms with van der Waals surface area (Å²) in [6.45, 7) is 10.8. The molecule has 0 aromatic rings. The van der Waals surface area contributed by atoms with Crippen molar-refractivity contribution in [1.82, 2.24) is 0 Å². The maximum absolute atomic E-state index is 12.2. The first kappa shape index (κ1) is 29.1. The van der Waals surface area contributed by atoms with E-state index < -0.39 is 29.3 Å². The Labute approximate surface area is 190 Å². The predicted octanol–water partition coefficient (Wildman–Crippen LogP) is 3.84. The molecule has 0 radical (unpaired) electrons. The lowest BCUT2D eigenvalue weighted by Crippen LogP contribution is -2.43. The Kier molecular flexibility index (Phi) is 16.1. The summed E-state index contributed by atoms with van der Waals surface area (Å²) >= 11 is 0. The van der Waals surface area contributed by atoms with Crippen molar-refractivity contribution in [1.29, 1.82) is 0 Å². The molecule has 0 N–H and O–H groups in total. The summed E-state index contributed by atoms with van der Waals surface area (Å²) in [5, 5.41) is 0. The van der Waals surface area contributed by atoms with Crippen molar-refractivity contribution in [3.05, 3.63) is 38.0 Å². The first-order valence-corrected chi connectivity index (χ1v) is 10.9. The number of carbonyl (C=O) groups is 4. The number of hydrogen-bond donors (Lipinski definition) is 0. The van der Waals surface area contributed by atoms with Crippen LogP contribution in [0.2, 0.25) is 0 Å². The van der Waals surface area contributed by atoms with Crippen molar-refractivity contribution in [3.63, 3.8) is 0 Å². The Hall–Kier alpha value is -2.90. The van der Waals surface area contributed by atoms with Crippen LogP contribution in [0.25, 0.3) is 0 Å². The lowest BCUT2D eigenvalue weighted by atomic mass is 9.92. The highest BCUT2D eigenvalue weighted by atomic mass is 16.6. The average molecular weight is 453 g/mol. The van der Waals surface area contributed by atoms with E-state index in [-0.39, 0.29) is 32.8 Å². The van der Waals surface area contributed by atoms with Gasteiger partial charge in [0.1, 0.15) is 31.8 Å². The van der Waals surface area contributed by atoms with E-state index in [0.29, 0.717) is 6.42 Å². The highest BCUT2D eigenvalue weighted by Gasteiger charge is 2.37. The molecule has 0 aliphatic rings. The molecular formula is C24H36O8. The molecule has 0 unspecified atom stereocenters. The number of unbranched alkanes of at least 4 members (excludes halogenated alkanes) is 6. The van der Waals surface area contributed by atoms with E-state index in [4.69, 9.17) is 18.9 Å². The van der Waals surface area contributed by atoms with Gasteiger partial charge in [-0.15, -0.1) is 0 Å². The van der Waals surface area contributed by atoms with Gasteiger partial charge < -0.3 is 18.9 Å². The van der Waals surface area contributed by atoms with Crippen LogP contribution in [0.4, 0.5) is 0 Å². The quantitative estimate of drug-likeness (QED) is 0.126. The zero-order chi connectivity index (χ0) is 24.2. The Balaban J connectivity index is 4.99. The molecule has 8 nitrogen and oxygen atoms in total. The molecule has 0 bridgehead atoms. The van der Waals surface area contributed by atoms with Crippen LogP contribution in [0.15, 0.2) is 38.0 Å². The van der Waals surface area contributed by atoms with Gasteiger partial charge in [0, 0.05) is 24.6 Å². The Morgan fingerprint density at radius 1 is 0.625 bits per heavy atom. The van der Waals surface area contributed by atoms with E-state index in [1.54, 1.807) is 0 Å². The van der Waals surface area contributed by atoms with Crippen molar-refractivity contribution >= 4 is 23.9 Å². The molecular weight excluding hydrogens is 416 g/mol. The summed E-state index contributed by atoms with van der Waals surface area (Å²) in [5.41, 5.74) is -1.30. The zero-order valence-corrected chi connectivity index (χ0v) is 19.1. The number of rotatable bonds is 19. The molecule has 0 amide bonds. The van der Waals surface area contributed by atoms with Gasteiger partial charge in [-0.3, -0.25) is 4.79 Å². The molecule has 0 spiro atoms. The van der Waals surface area contributed by atoms with Crippen molar-refractivity contribution in [3.8, 4) is 0 Å².